The van der Waals surface area contributed by atoms with Crippen molar-refractivity contribution in [2.24, 2.45) is 5.92 Å². The molecule has 1 N–H and O–H groups in total. The van der Waals surface area contributed by atoms with Crippen molar-refractivity contribution in [3.8, 4) is 11.5 Å². The lowest BCUT2D eigenvalue weighted by Crippen LogP contribution is -2.28. The van der Waals surface area contributed by atoms with Gasteiger partial charge >= 0.3 is 0 Å². The summed E-state index contributed by atoms with van der Waals surface area (Å²) in [5.74, 6) is 0.363. The summed E-state index contributed by atoms with van der Waals surface area (Å²) in [5, 5.41) is 3.29. The first-order valence-corrected chi connectivity index (χ1v) is 8.48. The Morgan fingerprint density at radius 2 is 2.00 bits per heavy atom. The minimum atomic E-state index is -0.461. The molecule has 1 aliphatic rings. The largest absolute Gasteiger partial charge is 0.497 e. The average Bonchev–Trinajstić information content (AvgIpc) is 3.04. The van der Waals surface area contributed by atoms with Crippen LogP contribution < -0.4 is 19.7 Å². The highest BCUT2D eigenvalue weighted by molar-refractivity contribution is 6.31. The molecule has 2 aromatic carbocycles. The number of carbonyl (C=O) groups excluding carboxylic acids is 2. The van der Waals surface area contributed by atoms with Gasteiger partial charge < -0.3 is 19.7 Å². The summed E-state index contributed by atoms with van der Waals surface area (Å²) < 4.78 is 10.4. The maximum absolute atomic E-state index is 12.6. The fourth-order valence-electron chi connectivity index (χ4n) is 2.92. The van der Waals surface area contributed by atoms with E-state index in [9.17, 15) is 9.59 Å². The molecule has 0 unspecified atom stereocenters. The fraction of sp³-hybridized carbons (Fsp3) is 0.263. The third-order valence-electron chi connectivity index (χ3n) is 4.28. The minimum absolute atomic E-state index is 0.100. The van der Waals surface area contributed by atoms with E-state index in [-0.39, 0.29) is 18.2 Å². The second kappa shape index (κ2) is 7.66. The first-order valence-electron chi connectivity index (χ1n) is 8.10. The summed E-state index contributed by atoms with van der Waals surface area (Å²) in [6.07, 6.45) is 0.145. The van der Waals surface area contributed by atoms with Crippen molar-refractivity contribution in [2.45, 2.75) is 6.42 Å². The molecule has 136 valence electrons. The molecule has 3 rings (SSSR count). The Hall–Kier alpha value is -2.73. The van der Waals surface area contributed by atoms with Crippen molar-refractivity contribution in [3.63, 3.8) is 0 Å². The number of halogens is 1. The number of benzene rings is 2. The number of nitrogens with zero attached hydrogens (tertiary/aromatic N) is 1. The summed E-state index contributed by atoms with van der Waals surface area (Å²) in [6, 6.07) is 12.2. The maximum Gasteiger partial charge on any atom is 0.229 e. The number of methoxy groups -OCH3 is 2. The molecular formula is C19H19ClN2O4. The van der Waals surface area contributed by atoms with Crippen molar-refractivity contribution in [2.75, 3.05) is 31.0 Å². The van der Waals surface area contributed by atoms with E-state index < -0.39 is 5.92 Å². The highest BCUT2D eigenvalue weighted by Gasteiger charge is 2.35. The average molecular weight is 375 g/mol. The molecule has 1 heterocycles. The molecule has 1 fully saturated rings. The number of amides is 2. The number of hydrogen-bond acceptors (Lipinski definition) is 4. The first-order chi connectivity index (χ1) is 12.5. The van der Waals surface area contributed by atoms with E-state index in [0.29, 0.717) is 34.4 Å². The van der Waals surface area contributed by atoms with Crippen LogP contribution in [0, 0.1) is 5.92 Å². The van der Waals surface area contributed by atoms with Gasteiger partial charge in [0.1, 0.15) is 11.5 Å². The zero-order valence-corrected chi connectivity index (χ0v) is 15.2. The molecule has 26 heavy (non-hydrogen) atoms. The Morgan fingerprint density at radius 3 is 2.73 bits per heavy atom. The topological polar surface area (TPSA) is 67.9 Å². The third-order valence-corrected chi connectivity index (χ3v) is 4.52. The van der Waals surface area contributed by atoms with E-state index in [0.717, 1.165) is 0 Å². The number of hydrogen-bond donors (Lipinski definition) is 1. The second-order valence-electron chi connectivity index (χ2n) is 5.94. The lowest BCUT2D eigenvalue weighted by Gasteiger charge is -2.18. The van der Waals surface area contributed by atoms with E-state index in [1.165, 1.54) is 7.11 Å². The van der Waals surface area contributed by atoms with Gasteiger partial charge in [0.2, 0.25) is 11.8 Å². The normalized spacial score (nSPS) is 16.5. The molecular weight excluding hydrogens is 356 g/mol. The van der Waals surface area contributed by atoms with Crippen LogP contribution in [-0.2, 0) is 9.59 Å². The van der Waals surface area contributed by atoms with Crippen molar-refractivity contribution in [1.82, 2.24) is 0 Å². The smallest absolute Gasteiger partial charge is 0.229 e. The van der Waals surface area contributed by atoms with Crippen molar-refractivity contribution >= 4 is 34.8 Å². The van der Waals surface area contributed by atoms with Crippen LogP contribution in [0.15, 0.2) is 42.5 Å². The highest BCUT2D eigenvalue weighted by atomic mass is 35.5. The van der Waals surface area contributed by atoms with Gasteiger partial charge in [0.05, 0.1) is 25.8 Å². The molecule has 0 bridgehead atoms. The number of carbonyl (C=O) groups is 2. The molecule has 0 aromatic heterocycles. The molecule has 1 aliphatic heterocycles. The summed E-state index contributed by atoms with van der Waals surface area (Å²) in [5.41, 5.74) is 1.20. The lowest BCUT2D eigenvalue weighted by atomic mass is 10.1. The molecule has 1 saturated heterocycles. The number of ether oxygens (including phenoxy) is 2. The molecule has 7 heteroatoms. The van der Waals surface area contributed by atoms with Gasteiger partial charge in [-0.25, -0.2) is 0 Å². The zero-order valence-electron chi connectivity index (χ0n) is 14.5. The van der Waals surface area contributed by atoms with Gasteiger partial charge in [-0.15, -0.1) is 0 Å². The van der Waals surface area contributed by atoms with E-state index in [2.05, 4.69) is 5.32 Å². The predicted octanol–water partition coefficient (Wildman–Crippen LogP) is 3.35. The first kappa shape index (κ1) is 18.1. The summed E-state index contributed by atoms with van der Waals surface area (Å²) in [6.45, 7) is 0.306. The van der Waals surface area contributed by atoms with Crippen LogP contribution in [0.25, 0.3) is 0 Å². The summed E-state index contributed by atoms with van der Waals surface area (Å²) >= 11 is 5.99. The van der Waals surface area contributed by atoms with Crippen LogP contribution in [0.2, 0.25) is 5.02 Å². The molecule has 0 saturated carbocycles. The van der Waals surface area contributed by atoms with E-state index in [1.54, 1.807) is 42.3 Å². The van der Waals surface area contributed by atoms with Gasteiger partial charge in [-0.3, -0.25) is 9.59 Å². The SMILES string of the molecule is COc1cccc(N2C[C@@H](C(=O)Nc3cc(Cl)ccc3OC)CC2=O)c1. The molecule has 0 spiro atoms. The van der Waals surface area contributed by atoms with Crippen LogP contribution in [0.4, 0.5) is 11.4 Å². The van der Waals surface area contributed by atoms with E-state index in [1.807, 2.05) is 12.1 Å². The molecule has 1 atom stereocenters. The Bertz CT molecular complexity index is 840. The van der Waals surface area contributed by atoms with Gasteiger partial charge in [0.25, 0.3) is 0 Å². The van der Waals surface area contributed by atoms with Crippen LogP contribution >= 0.6 is 11.6 Å². The zero-order chi connectivity index (χ0) is 18.7. The quantitative estimate of drug-likeness (QED) is 0.871. The van der Waals surface area contributed by atoms with Gasteiger partial charge in [-0.05, 0) is 30.3 Å². The fourth-order valence-corrected chi connectivity index (χ4v) is 3.10. The van der Waals surface area contributed by atoms with Crippen LogP contribution in [-0.4, -0.2) is 32.6 Å². The summed E-state index contributed by atoms with van der Waals surface area (Å²) in [7, 11) is 3.09. The Morgan fingerprint density at radius 1 is 1.19 bits per heavy atom. The second-order valence-corrected chi connectivity index (χ2v) is 6.38. The van der Waals surface area contributed by atoms with Crippen molar-refractivity contribution in [1.29, 1.82) is 0 Å². The standard InChI is InChI=1S/C19H19ClN2O4/c1-25-15-5-3-4-14(10-15)22-11-12(8-18(22)23)19(24)21-16-9-13(20)6-7-17(16)26-2/h3-7,9-10,12H,8,11H2,1-2H3,(H,21,24)/t12-/m0/s1. The Balaban J connectivity index is 1.74. The number of nitrogens with one attached hydrogen (secondary N) is 1. The van der Waals surface area contributed by atoms with Gasteiger partial charge in [-0.1, -0.05) is 17.7 Å². The van der Waals surface area contributed by atoms with Crippen LogP contribution in [0.5, 0.6) is 11.5 Å². The maximum atomic E-state index is 12.6. The number of anilines is 2. The molecule has 6 nitrogen and oxygen atoms in total. The predicted molar refractivity (Wildman–Crippen MR) is 100 cm³/mol. The number of rotatable bonds is 5. The summed E-state index contributed by atoms with van der Waals surface area (Å²) in [4.78, 5) is 26.6. The van der Waals surface area contributed by atoms with Crippen LogP contribution in [0.3, 0.4) is 0 Å². The Kier molecular flexibility index (Phi) is 5.32. The lowest BCUT2D eigenvalue weighted by molar-refractivity contribution is -0.122. The van der Waals surface area contributed by atoms with Gasteiger partial charge in [-0.2, -0.15) is 0 Å². The van der Waals surface area contributed by atoms with E-state index >= 15 is 0 Å². The molecule has 2 amide bonds. The van der Waals surface area contributed by atoms with Gasteiger partial charge in [0.15, 0.2) is 0 Å². The minimum Gasteiger partial charge on any atom is -0.497 e. The van der Waals surface area contributed by atoms with Crippen LogP contribution in [0.1, 0.15) is 6.42 Å². The highest BCUT2D eigenvalue weighted by Crippen LogP contribution is 2.31. The molecule has 0 aliphatic carbocycles. The Labute approximate surface area is 156 Å². The van der Waals surface area contributed by atoms with Crippen molar-refractivity contribution in [3.05, 3.63) is 47.5 Å². The van der Waals surface area contributed by atoms with E-state index in [4.69, 9.17) is 21.1 Å². The monoisotopic (exact) mass is 374 g/mol. The van der Waals surface area contributed by atoms with Crippen molar-refractivity contribution < 1.29 is 19.1 Å². The third kappa shape index (κ3) is 3.75. The molecule has 2 aromatic rings. The van der Waals surface area contributed by atoms with Gasteiger partial charge in [0, 0.05) is 29.7 Å². The molecule has 0 radical (unpaired) electrons.